The van der Waals surface area contributed by atoms with Crippen molar-refractivity contribution in [3.8, 4) is 0 Å². The highest BCUT2D eigenvalue weighted by Gasteiger charge is 2.33. The van der Waals surface area contributed by atoms with Crippen LogP contribution in [-0.4, -0.2) is 17.0 Å². The van der Waals surface area contributed by atoms with Gasteiger partial charge < -0.3 is 10.8 Å². The van der Waals surface area contributed by atoms with E-state index in [-0.39, 0.29) is 5.92 Å². The summed E-state index contributed by atoms with van der Waals surface area (Å²) >= 11 is 0. The van der Waals surface area contributed by atoms with E-state index in [9.17, 15) is 9.59 Å². The van der Waals surface area contributed by atoms with Crippen molar-refractivity contribution in [3.63, 3.8) is 0 Å². The molecule has 3 N–H and O–H groups in total. The second-order valence-electron chi connectivity index (χ2n) is 3.53. The molecule has 0 aliphatic carbocycles. The number of primary amides is 1. The molecule has 1 amide bonds. The molecule has 13 heavy (non-hydrogen) atoms. The number of carboxylic acids is 1. The molecule has 0 aliphatic heterocycles. The minimum Gasteiger partial charge on any atom is -0.481 e. The Bertz CT molecular complexity index is 201. The first-order valence-corrected chi connectivity index (χ1v) is 4.43. The predicted octanol–water partition coefficient (Wildman–Crippen LogP) is 0.855. The zero-order valence-corrected chi connectivity index (χ0v) is 8.28. The summed E-state index contributed by atoms with van der Waals surface area (Å²) in [6.45, 7) is 5.34. The molecule has 0 radical (unpaired) electrons. The first-order valence-electron chi connectivity index (χ1n) is 4.43. The Labute approximate surface area is 78.1 Å². The molecular weight excluding hydrogens is 170 g/mol. The van der Waals surface area contributed by atoms with E-state index in [1.54, 1.807) is 20.8 Å². The highest BCUT2D eigenvalue weighted by Crippen LogP contribution is 2.23. The van der Waals surface area contributed by atoms with Crippen LogP contribution in [-0.2, 0) is 9.59 Å². The van der Waals surface area contributed by atoms with Gasteiger partial charge in [-0.1, -0.05) is 20.8 Å². The van der Waals surface area contributed by atoms with Gasteiger partial charge in [-0.05, 0) is 12.3 Å². The van der Waals surface area contributed by atoms with Crippen LogP contribution in [0.15, 0.2) is 0 Å². The maximum Gasteiger partial charge on any atom is 0.307 e. The van der Waals surface area contributed by atoms with E-state index >= 15 is 0 Å². The van der Waals surface area contributed by atoms with E-state index in [0.29, 0.717) is 6.42 Å². The van der Waals surface area contributed by atoms with Gasteiger partial charge in [0.15, 0.2) is 0 Å². The van der Waals surface area contributed by atoms with Crippen molar-refractivity contribution in [1.82, 2.24) is 0 Å². The molecule has 4 nitrogen and oxygen atoms in total. The summed E-state index contributed by atoms with van der Waals surface area (Å²) in [5, 5.41) is 8.89. The quantitative estimate of drug-likeness (QED) is 0.669. The van der Waals surface area contributed by atoms with Crippen LogP contribution in [0, 0.1) is 17.8 Å². The number of amides is 1. The smallest absolute Gasteiger partial charge is 0.307 e. The fraction of sp³-hybridized carbons (Fsp3) is 0.778. The van der Waals surface area contributed by atoms with Crippen molar-refractivity contribution in [3.05, 3.63) is 0 Å². The molecule has 0 fully saturated rings. The largest absolute Gasteiger partial charge is 0.481 e. The Balaban J connectivity index is 4.69. The number of hydrogen-bond acceptors (Lipinski definition) is 2. The number of carbonyl (C=O) groups excluding carboxylic acids is 1. The Morgan fingerprint density at radius 3 is 1.92 bits per heavy atom. The molecule has 0 aromatic carbocycles. The van der Waals surface area contributed by atoms with Crippen molar-refractivity contribution in [2.75, 3.05) is 0 Å². The Morgan fingerprint density at radius 2 is 1.85 bits per heavy atom. The third-order valence-electron chi connectivity index (χ3n) is 2.24. The van der Waals surface area contributed by atoms with E-state index in [4.69, 9.17) is 10.8 Å². The molecule has 0 aliphatic rings. The summed E-state index contributed by atoms with van der Waals surface area (Å²) in [5.41, 5.74) is 5.12. The van der Waals surface area contributed by atoms with Crippen LogP contribution in [0.1, 0.15) is 27.2 Å². The van der Waals surface area contributed by atoms with Crippen LogP contribution < -0.4 is 5.73 Å². The molecule has 0 rings (SSSR count). The lowest BCUT2D eigenvalue weighted by Crippen LogP contribution is -2.36. The van der Waals surface area contributed by atoms with Crippen LogP contribution >= 0.6 is 0 Å². The number of hydrogen-bond donors (Lipinski definition) is 2. The summed E-state index contributed by atoms with van der Waals surface area (Å²) < 4.78 is 0. The maximum atomic E-state index is 10.9. The van der Waals surface area contributed by atoms with Gasteiger partial charge in [0.05, 0.1) is 11.8 Å². The van der Waals surface area contributed by atoms with Gasteiger partial charge in [0.25, 0.3) is 0 Å². The lowest BCUT2D eigenvalue weighted by Gasteiger charge is -2.22. The summed E-state index contributed by atoms with van der Waals surface area (Å²) in [6.07, 6.45) is 0.477. The number of carboxylic acid groups (broad SMARTS) is 1. The van der Waals surface area contributed by atoms with Crippen LogP contribution in [0.4, 0.5) is 0 Å². The van der Waals surface area contributed by atoms with Gasteiger partial charge in [0.1, 0.15) is 0 Å². The van der Waals surface area contributed by atoms with Crippen LogP contribution in [0.25, 0.3) is 0 Å². The van der Waals surface area contributed by atoms with Crippen molar-refractivity contribution in [2.45, 2.75) is 27.2 Å². The lowest BCUT2D eigenvalue weighted by molar-refractivity contribution is -0.148. The number of rotatable bonds is 5. The molecule has 4 heteroatoms. The number of aliphatic carboxylic acids is 1. The van der Waals surface area contributed by atoms with E-state index in [1.165, 1.54) is 0 Å². The summed E-state index contributed by atoms with van der Waals surface area (Å²) in [5.74, 6) is -2.76. The van der Waals surface area contributed by atoms with Crippen molar-refractivity contribution >= 4 is 11.9 Å². The van der Waals surface area contributed by atoms with E-state index in [2.05, 4.69) is 0 Å². The zero-order valence-electron chi connectivity index (χ0n) is 8.28. The minimum absolute atomic E-state index is 0.0741. The molecule has 2 unspecified atom stereocenters. The normalized spacial score (nSPS) is 15.4. The van der Waals surface area contributed by atoms with Crippen LogP contribution in [0.2, 0.25) is 0 Å². The van der Waals surface area contributed by atoms with Gasteiger partial charge in [0, 0.05) is 0 Å². The topological polar surface area (TPSA) is 80.4 Å². The Hall–Kier alpha value is -1.06. The fourth-order valence-corrected chi connectivity index (χ4v) is 1.55. The van der Waals surface area contributed by atoms with Gasteiger partial charge in [-0.3, -0.25) is 9.59 Å². The maximum absolute atomic E-state index is 10.9. The van der Waals surface area contributed by atoms with Crippen molar-refractivity contribution < 1.29 is 14.7 Å². The first kappa shape index (κ1) is 11.9. The van der Waals surface area contributed by atoms with Crippen molar-refractivity contribution in [1.29, 1.82) is 0 Å². The van der Waals surface area contributed by atoms with E-state index in [1.807, 2.05) is 0 Å². The second-order valence-corrected chi connectivity index (χ2v) is 3.53. The van der Waals surface area contributed by atoms with Crippen LogP contribution in [0.5, 0.6) is 0 Å². The molecule has 0 heterocycles. The van der Waals surface area contributed by atoms with Gasteiger partial charge >= 0.3 is 5.97 Å². The Morgan fingerprint density at radius 1 is 1.38 bits per heavy atom. The van der Waals surface area contributed by atoms with Gasteiger partial charge in [-0.2, -0.15) is 0 Å². The van der Waals surface area contributed by atoms with Gasteiger partial charge in [-0.15, -0.1) is 0 Å². The molecule has 0 aromatic heterocycles. The molecule has 76 valence electrons. The molecule has 0 saturated heterocycles. The predicted molar refractivity (Wildman–Crippen MR) is 48.9 cm³/mol. The third-order valence-corrected chi connectivity index (χ3v) is 2.24. The summed E-state index contributed by atoms with van der Waals surface area (Å²) in [6, 6.07) is 0. The molecule has 0 aromatic rings. The van der Waals surface area contributed by atoms with Crippen molar-refractivity contribution in [2.24, 2.45) is 23.5 Å². The standard InChI is InChI=1S/C9H17NO3/c1-4-6(8(10)11)7(5(2)3)9(12)13/h5-7H,4H2,1-3H3,(H2,10,11)(H,12,13). The fourth-order valence-electron chi connectivity index (χ4n) is 1.55. The number of carbonyl (C=O) groups is 2. The zero-order chi connectivity index (χ0) is 10.6. The van der Waals surface area contributed by atoms with E-state index in [0.717, 1.165) is 0 Å². The average molecular weight is 187 g/mol. The monoisotopic (exact) mass is 187 g/mol. The lowest BCUT2D eigenvalue weighted by atomic mass is 9.81. The minimum atomic E-state index is -0.944. The molecule has 0 spiro atoms. The molecule has 2 atom stereocenters. The highest BCUT2D eigenvalue weighted by atomic mass is 16.4. The molecule has 0 bridgehead atoms. The third kappa shape index (κ3) is 3.05. The highest BCUT2D eigenvalue weighted by molar-refractivity contribution is 5.83. The van der Waals surface area contributed by atoms with E-state index < -0.39 is 23.7 Å². The Kier molecular flexibility index (Phi) is 4.45. The first-order chi connectivity index (χ1) is 5.91. The second kappa shape index (κ2) is 4.84. The summed E-state index contributed by atoms with van der Waals surface area (Å²) in [4.78, 5) is 21.8. The SMILES string of the molecule is CCC(C(N)=O)C(C(=O)O)C(C)C. The van der Waals surface area contributed by atoms with Gasteiger partial charge in [0.2, 0.25) is 5.91 Å². The number of nitrogens with two attached hydrogens (primary N) is 1. The molecular formula is C9H17NO3. The molecule has 0 saturated carbocycles. The van der Waals surface area contributed by atoms with Gasteiger partial charge in [-0.25, -0.2) is 0 Å². The van der Waals surface area contributed by atoms with Crippen LogP contribution in [0.3, 0.4) is 0 Å². The average Bonchev–Trinajstić information content (AvgIpc) is 1.97. The summed E-state index contributed by atoms with van der Waals surface area (Å²) in [7, 11) is 0.